The van der Waals surface area contributed by atoms with Gasteiger partial charge in [0, 0.05) is 0 Å². The number of hydrogen-bond acceptors (Lipinski definition) is 2. The second-order valence-electron chi connectivity index (χ2n) is 4.17. The molecular weight excluding hydrogens is 202 g/mol. The van der Waals surface area contributed by atoms with Crippen molar-refractivity contribution in [3.8, 4) is 0 Å². The normalized spacial score (nSPS) is 19.8. The maximum Gasteiger partial charge on any atom is 0.303 e. The molecule has 0 unspecified atom stereocenters. The SMILES string of the molecule is Cl.NCCC1(CC(=O)O)CCCCC1. The molecule has 0 heterocycles. The summed E-state index contributed by atoms with van der Waals surface area (Å²) in [6.07, 6.45) is 6.89. The van der Waals surface area contributed by atoms with Crippen molar-refractivity contribution in [1.29, 1.82) is 0 Å². The molecule has 0 aromatic heterocycles. The molecule has 0 aromatic rings. The first kappa shape index (κ1) is 13.7. The topological polar surface area (TPSA) is 63.3 Å². The van der Waals surface area contributed by atoms with Gasteiger partial charge in [0.05, 0.1) is 6.42 Å². The summed E-state index contributed by atoms with van der Waals surface area (Å²) in [6.45, 7) is 0.618. The van der Waals surface area contributed by atoms with Gasteiger partial charge in [0.1, 0.15) is 0 Å². The van der Waals surface area contributed by atoms with Gasteiger partial charge >= 0.3 is 5.97 Å². The molecule has 0 saturated heterocycles. The first-order valence-electron chi connectivity index (χ1n) is 5.10. The van der Waals surface area contributed by atoms with Crippen molar-refractivity contribution >= 4 is 18.4 Å². The first-order valence-corrected chi connectivity index (χ1v) is 5.10. The van der Waals surface area contributed by atoms with Crippen LogP contribution in [0.25, 0.3) is 0 Å². The molecule has 1 aliphatic rings. The van der Waals surface area contributed by atoms with Gasteiger partial charge in [0.2, 0.25) is 0 Å². The Labute approximate surface area is 91.5 Å². The molecule has 0 aromatic carbocycles. The van der Waals surface area contributed by atoms with Crippen LogP contribution in [0.3, 0.4) is 0 Å². The van der Waals surface area contributed by atoms with Crippen molar-refractivity contribution in [2.45, 2.75) is 44.9 Å². The van der Waals surface area contributed by atoms with Crippen LogP contribution in [-0.2, 0) is 4.79 Å². The van der Waals surface area contributed by atoms with Crippen molar-refractivity contribution in [3.05, 3.63) is 0 Å². The lowest BCUT2D eigenvalue weighted by Gasteiger charge is -2.35. The molecule has 0 bridgehead atoms. The molecule has 0 aliphatic heterocycles. The molecule has 84 valence electrons. The molecule has 1 saturated carbocycles. The summed E-state index contributed by atoms with van der Waals surface area (Å²) in [6, 6.07) is 0. The number of hydrogen-bond donors (Lipinski definition) is 2. The van der Waals surface area contributed by atoms with Crippen LogP contribution >= 0.6 is 12.4 Å². The van der Waals surface area contributed by atoms with Gasteiger partial charge < -0.3 is 10.8 Å². The third kappa shape index (κ3) is 3.84. The van der Waals surface area contributed by atoms with Crippen LogP contribution in [0, 0.1) is 5.41 Å². The summed E-state index contributed by atoms with van der Waals surface area (Å²) < 4.78 is 0. The number of nitrogens with two attached hydrogens (primary N) is 1. The summed E-state index contributed by atoms with van der Waals surface area (Å²) in [5, 5.41) is 8.82. The monoisotopic (exact) mass is 221 g/mol. The lowest BCUT2D eigenvalue weighted by Crippen LogP contribution is -2.29. The predicted molar refractivity (Wildman–Crippen MR) is 58.7 cm³/mol. The summed E-state index contributed by atoms with van der Waals surface area (Å²) >= 11 is 0. The van der Waals surface area contributed by atoms with Gasteiger partial charge in [0.15, 0.2) is 0 Å². The molecule has 1 rings (SSSR count). The van der Waals surface area contributed by atoms with Crippen molar-refractivity contribution in [3.63, 3.8) is 0 Å². The third-order valence-electron chi connectivity index (χ3n) is 3.12. The zero-order valence-electron chi connectivity index (χ0n) is 8.50. The molecule has 3 N–H and O–H groups in total. The second-order valence-corrected chi connectivity index (χ2v) is 4.17. The number of carboxylic acids is 1. The van der Waals surface area contributed by atoms with E-state index in [2.05, 4.69) is 0 Å². The number of carboxylic acid groups (broad SMARTS) is 1. The first-order chi connectivity index (χ1) is 6.18. The summed E-state index contributed by atoms with van der Waals surface area (Å²) in [5.41, 5.74) is 5.55. The average Bonchev–Trinajstić information content (AvgIpc) is 2.04. The minimum absolute atomic E-state index is 0. The molecule has 4 heteroatoms. The average molecular weight is 222 g/mol. The van der Waals surface area contributed by atoms with E-state index in [0.29, 0.717) is 13.0 Å². The van der Waals surface area contributed by atoms with Gasteiger partial charge in [-0.1, -0.05) is 19.3 Å². The van der Waals surface area contributed by atoms with Crippen LogP contribution in [0.2, 0.25) is 0 Å². The van der Waals surface area contributed by atoms with E-state index in [1.165, 1.54) is 19.3 Å². The third-order valence-corrected chi connectivity index (χ3v) is 3.12. The quantitative estimate of drug-likeness (QED) is 0.765. The summed E-state index contributed by atoms with van der Waals surface area (Å²) in [4.78, 5) is 10.7. The summed E-state index contributed by atoms with van der Waals surface area (Å²) in [5.74, 6) is -0.671. The van der Waals surface area contributed by atoms with Crippen molar-refractivity contribution in [2.24, 2.45) is 11.1 Å². The molecule has 0 amide bonds. The van der Waals surface area contributed by atoms with E-state index in [9.17, 15) is 4.79 Å². The van der Waals surface area contributed by atoms with Gasteiger partial charge in [0.25, 0.3) is 0 Å². The molecular formula is C10H20ClNO2. The Kier molecular flexibility index (Phi) is 6.12. The Bertz CT molecular complexity index is 173. The molecule has 1 fully saturated rings. The molecule has 0 atom stereocenters. The minimum Gasteiger partial charge on any atom is -0.481 e. The van der Waals surface area contributed by atoms with E-state index in [0.717, 1.165) is 19.3 Å². The van der Waals surface area contributed by atoms with Crippen molar-refractivity contribution in [1.82, 2.24) is 0 Å². The maximum absolute atomic E-state index is 10.7. The zero-order chi connectivity index (χ0) is 9.73. The second kappa shape index (κ2) is 6.25. The zero-order valence-corrected chi connectivity index (χ0v) is 9.31. The number of halogens is 1. The van der Waals surface area contributed by atoms with Crippen LogP contribution < -0.4 is 5.73 Å². The smallest absolute Gasteiger partial charge is 0.303 e. The van der Waals surface area contributed by atoms with Gasteiger partial charge in [-0.25, -0.2) is 0 Å². The highest BCUT2D eigenvalue weighted by Crippen LogP contribution is 2.41. The maximum atomic E-state index is 10.7. The van der Waals surface area contributed by atoms with E-state index in [-0.39, 0.29) is 17.8 Å². The molecule has 0 radical (unpaired) electrons. The van der Waals surface area contributed by atoms with Crippen molar-refractivity contribution < 1.29 is 9.90 Å². The van der Waals surface area contributed by atoms with Crippen LogP contribution in [0.1, 0.15) is 44.9 Å². The van der Waals surface area contributed by atoms with Crippen LogP contribution in [0.5, 0.6) is 0 Å². The van der Waals surface area contributed by atoms with E-state index in [4.69, 9.17) is 10.8 Å². The minimum atomic E-state index is -0.671. The van der Waals surface area contributed by atoms with E-state index >= 15 is 0 Å². The van der Waals surface area contributed by atoms with Crippen LogP contribution in [0.15, 0.2) is 0 Å². The van der Waals surface area contributed by atoms with Gasteiger partial charge in [-0.15, -0.1) is 12.4 Å². The van der Waals surface area contributed by atoms with Crippen molar-refractivity contribution in [2.75, 3.05) is 6.54 Å². The van der Waals surface area contributed by atoms with Gasteiger partial charge in [-0.3, -0.25) is 4.79 Å². The van der Waals surface area contributed by atoms with E-state index in [1.807, 2.05) is 0 Å². The fourth-order valence-electron chi connectivity index (χ4n) is 2.44. The highest BCUT2D eigenvalue weighted by molar-refractivity contribution is 5.85. The lowest BCUT2D eigenvalue weighted by molar-refractivity contribution is -0.140. The van der Waals surface area contributed by atoms with Crippen LogP contribution in [-0.4, -0.2) is 17.6 Å². The van der Waals surface area contributed by atoms with E-state index in [1.54, 1.807) is 0 Å². The standard InChI is InChI=1S/C10H19NO2.ClH/c11-7-6-10(8-9(12)13)4-2-1-3-5-10;/h1-8,11H2,(H,12,13);1H. The molecule has 0 spiro atoms. The number of rotatable bonds is 4. The predicted octanol–water partition coefficient (Wildman–Crippen LogP) is 2.18. The lowest BCUT2D eigenvalue weighted by atomic mass is 9.70. The highest BCUT2D eigenvalue weighted by atomic mass is 35.5. The molecule has 14 heavy (non-hydrogen) atoms. The Morgan fingerprint density at radius 3 is 2.29 bits per heavy atom. The highest BCUT2D eigenvalue weighted by Gasteiger charge is 2.33. The van der Waals surface area contributed by atoms with Crippen LogP contribution in [0.4, 0.5) is 0 Å². The number of carbonyl (C=O) groups is 1. The fourth-order valence-corrected chi connectivity index (χ4v) is 2.44. The Hall–Kier alpha value is -0.280. The van der Waals surface area contributed by atoms with Gasteiger partial charge in [-0.2, -0.15) is 0 Å². The summed E-state index contributed by atoms with van der Waals surface area (Å²) in [7, 11) is 0. The largest absolute Gasteiger partial charge is 0.481 e. The number of aliphatic carboxylic acids is 1. The molecule has 1 aliphatic carbocycles. The Morgan fingerprint density at radius 1 is 1.29 bits per heavy atom. The molecule has 3 nitrogen and oxygen atoms in total. The fraction of sp³-hybridized carbons (Fsp3) is 0.900. The Morgan fingerprint density at radius 2 is 1.86 bits per heavy atom. The van der Waals surface area contributed by atoms with Gasteiger partial charge in [-0.05, 0) is 31.2 Å². The Balaban J connectivity index is 0.00000169. The van der Waals surface area contributed by atoms with E-state index < -0.39 is 5.97 Å².